The van der Waals surface area contributed by atoms with E-state index in [0.717, 1.165) is 10.9 Å². The largest absolute Gasteiger partial charge is 0.366 e. The molecule has 5 heteroatoms. The zero-order chi connectivity index (χ0) is 16.6. The third-order valence-corrected chi connectivity index (χ3v) is 3.82. The summed E-state index contributed by atoms with van der Waals surface area (Å²) < 4.78 is 0. The van der Waals surface area contributed by atoms with Crippen molar-refractivity contribution in [1.82, 2.24) is 4.98 Å². The van der Waals surface area contributed by atoms with Gasteiger partial charge in [0.15, 0.2) is 0 Å². The van der Waals surface area contributed by atoms with E-state index in [4.69, 9.17) is 11.5 Å². The van der Waals surface area contributed by atoms with Gasteiger partial charge in [-0.3, -0.25) is 14.6 Å². The number of rotatable bonds is 3. The van der Waals surface area contributed by atoms with Gasteiger partial charge in [-0.05, 0) is 30.0 Å². The second-order valence-electron chi connectivity index (χ2n) is 5.29. The van der Waals surface area contributed by atoms with Crippen molar-refractivity contribution in [2.45, 2.75) is 6.92 Å². The Morgan fingerprint density at radius 1 is 0.957 bits per heavy atom. The molecule has 0 aliphatic rings. The number of aromatic nitrogens is 1. The second-order valence-corrected chi connectivity index (χ2v) is 5.29. The van der Waals surface area contributed by atoms with Crippen LogP contribution in [0, 0.1) is 6.92 Å². The van der Waals surface area contributed by atoms with E-state index in [0.29, 0.717) is 16.6 Å². The Labute approximate surface area is 132 Å². The highest BCUT2D eigenvalue weighted by Gasteiger charge is 2.20. The number of fused-ring (bicyclic) bond motifs is 1. The molecule has 0 atom stereocenters. The first-order valence-electron chi connectivity index (χ1n) is 7.08. The summed E-state index contributed by atoms with van der Waals surface area (Å²) in [6, 6.07) is 12.5. The van der Waals surface area contributed by atoms with Gasteiger partial charge >= 0.3 is 0 Å². The van der Waals surface area contributed by atoms with E-state index in [1.807, 2.05) is 31.2 Å². The van der Waals surface area contributed by atoms with Gasteiger partial charge in [-0.1, -0.05) is 30.3 Å². The number of benzene rings is 2. The van der Waals surface area contributed by atoms with Crippen LogP contribution in [0.1, 0.15) is 26.3 Å². The molecule has 5 nitrogen and oxygen atoms in total. The minimum absolute atomic E-state index is 0.263. The highest BCUT2D eigenvalue weighted by atomic mass is 16.1. The summed E-state index contributed by atoms with van der Waals surface area (Å²) in [6.07, 6.45) is 1.65. The number of nitrogens with zero attached hydrogens (tertiary/aromatic N) is 1. The van der Waals surface area contributed by atoms with Crippen molar-refractivity contribution >= 4 is 22.6 Å². The van der Waals surface area contributed by atoms with Crippen LogP contribution in [0.15, 0.2) is 48.7 Å². The second kappa shape index (κ2) is 5.53. The van der Waals surface area contributed by atoms with Gasteiger partial charge in [0.25, 0.3) is 0 Å². The molecule has 0 radical (unpaired) electrons. The molecule has 3 aromatic rings. The lowest BCUT2D eigenvalue weighted by atomic mass is 9.91. The number of hydrogen-bond acceptors (Lipinski definition) is 3. The summed E-state index contributed by atoms with van der Waals surface area (Å²) in [7, 11) is 0. The third kappa shape index (κ3) is 2.42. The van der Waals surface area contributed by atoms with Crippen molar-refractivity contribution in [2.24, 2.45) is 11.5 Å². The molecule has 0 fully saturated rings. The van der Waals surface area contributed by atoms with Crippen molar-refractivity contribution in [2.75, 3.05) is 0 Å². The van der Waals surface area contributed by atoms with Crippen molar-refractivity contribution < 1.29 is 9.59 Å². The maximum absolute atomic E-state index is 12.1. The summed E-state index contributed by atoms with van der Waals surface area (Å²) >= 11 is 0. The van der Waals surface area contributed by atoms with Crippen molar-refractivity contribution in [3.05, 3.63) is 65.4 Å². The topological polar surface area (TPSA) is 99.1 Å². The molecule has 114 valence electrons. The van der Waals surface area contributed by atoms with E-state index < -0.39 is 11.8 Å². The molecule has 0 aliphatic heterocycles. The number of pyridine rings is 1. The number of primary amides is 2. The van der Waals surface area contributed by atoms with Gasteiger partial charge in [-0.25, -0.2) is 0 Å². The SMILES string of the molecule is Cc1cccnc1-c1ccc2cccc(C(N)=O)c2c1C(N)=O. The van der Waals surface area contributed by atoms with Gasteiger partial charge in [-0.15, -0.1) is 0 Å². The first-order valence-corrected chi connectivity index (χ1v) is 7.08. The summed E-state index contributed by atoms with van der Waals surface area (Å²) in [5, 5.41) is 1.20. The van der Waals surface area contributed by atoms with Gasteiger partial charge < -0.3 is 11.5 Å². The molecular formula is C18H15N3O2. The Hall–Kier alpha value is -3.21. The van der Waals surface area contributed by atoms with Crippen molar-refractivity contribution in [3.63, 3.8) is 0 Å². The molecule has 1 aromatic heterocycles. The molecule has 23 heavy (non-hydrogen) atoms. The minimum atomic E-state index is -0.621. The average molecular weight is 305 g/mol. The molecule has 1 heterocycles. The van der Waals surface area contributed by atoms with E-state index in [2.05, 4.69) is 4.98 Å². The first kappa shape index (κ1) is 14.7. The van der Waals surface area contributed by atoms with Crippen LogP contribution in [-0.4, -0.2) is 16.8 Å². The summed E-state index contributed by atoms with van der Waals surface area (Å²) in [6.45, 7) is 1.90. The quantitative estimate of drug-likeness (QED) is 0.777. The number of aryl methyl sites for hydroxylation is 1. The maximum atomic E-state index is 12.1. The zero-order valence-corrected chi connectivity index (χ0v) is 12.5. The molecule has 0 spiro atoms. The van der Waals surface area contributed by atoms with Crippen LogP contribution >= 0.6 is 0 Å². The van der Waals surface area contributed by atoms with Crippen LogP contribution in [0.25, 0.3) is 22.0 Å². The van der Waals surface area contributed by atoms with Gasteiger partial charge in [0.05, 0.1) is 11.3 Å². The molecule has 0 aliphatic carbocycles. The molecule has 2 aromatic carbocycles. The van der Waals surface area contributed by atoms with E-state index in [1.165, 1.54) is 0 Å². The fourth-order valence-corrected chi connectivity index (χ4v) is 2.81. The van der Waals surface area contributed by atoms with E-state index >= 15 is 0 Å². The summed E-state index contributed by atoms with van der Waals surface area (Å²) in [4.78, 5) is 28.2. The van der Waals surface area contributed by atoms with E-state index in [9.17, 15) is 9.59 Å². The predicted octanol–water partition coefficient (Wildman–Crippen LogP) is 2.41. The van der Waals surface area contributed by atoms with Gasteiger partial charge in [0, 0.05) is 22.7 Å². The Kier molecular flexibility index (Phi) is 3.54. The minimum Gasteiger partial charge on any atom is -0.366 e. The smallest absolute Gasteiger partial charge is 0.250 e. The Balaban J connectivity index is 2.48. The number of amides is 2. The summed E-state index contributed by atoms with van der Waals surface area (Å²) in [5.74, 6) is -1.22. The number of hydrogen-bond donors (Lipinski definition) is 2. The van der Waals surface area contributed by atoms with E-state index in [-0.39, 0.29) is 11.1 Å². The highest BCUT2D eigenvalue weighted by Crippen LogP contribution is 2.32. The fraction of sp³-hybridized carbons (Fsp3) is 0.0556. The maximum Gasteiger partial charge on any atom is 0.250 e. The lowest BCUT2D eigenvalue weighted by molar-refractivity contribution is 0.0998. The fourth-order valence-electron chi connectivity index (χ4n) is 2.81. The van der Waals surface area contributed by atoms with E-state index in [1.54, 1.807) is 24.4 Å². The van der Waals surface area contributed by atoms with Crippen LogP contribution in [0.3, 0.4) is 0 Å². The molecular weight excluding hydrogens is 290 g/mol. The Morgan fingerprint density at radius 2 is 1.74 bits per heavy atom. The normalized spacial score (nSPS) is 10.7. The lowest BCUT2D eigenvalue weighted by Crippen LogP contribution is -2.17. The monoisotopic (exact) mass is 305 g/mol. The predicted molar refractivity (Wildman–Crippen MR) is 89.0 cm³/mol. The van der Waals surface area contributed by atoms with Crippen molar-refractivity contribution in [1.29, 1.82) is 0 Å². The van der Waals surface area contributed by atoms with Gasteiger partial charge in [-0.2, -0.15) is 0 Å². The Morgan fingerprint density at radius 3 is 2.39 bits per heavy atom. The van der Waals surface area contributed by atoms with Crippen LogP contribution in [0.5, 0.6) is 0 Å². The number of carbonyl (C=O) groups is 2. The number of nitrogens with two attached hydrogens (primary N) is 2. The third-order valence-electron chi connectivity index (χ3n) is 3.82. The van der Waals surface area contributed by atoms with Crippen LogP contribution in [-0.2, 0) is 0 Å². The van der Waals surface area contributed by atoms with Gasteiger partial charge in [0.2, 0.25) is 11.8 Å². The first-order chi connectivity index (χ1) is 11.0. The van der Waals surface area contributed by atoms with Gasteiger partial charge in [0.1, 0.15) is 0 Å². The molecule has 4 N–H and O–H groups in total. The molecule has 2 amide bonds. The standard InChI is InChI=1S/C18H15N3O2/c1-10-4-3-9-21-16(10)12-8-7-11-5-2-6-13(17(19)22)14(11)15(12)18(20)23/h2-9H,1H3,(H2,19,22)(H2,20,23). The molecule has 0 unspecified atom stereocenters. The molecule has 0 saturated carbocycles. The zero-order valence-electron chi connectivity index (χ0n) is 12.5. The lowest BCUT2D eigenvalue weighted by Gasteiger charge is -2.13. The van der Waals surface area contributed by atoms with Crippen molar-refractivity contribution in [3.8, 4) is 11.3 Å². The molecule has 0 bridgehead atoms. The van der Waals surface area contributed by atoms with Crippen LogP contribution < -0.4 is 11.5 Å². The van der Waals surface area contributed by atoms with Crippen LogP contribution in [0.2, 0.25) is 0 Å². The molecule has 3 rings (SSSR count). The Bertz CT molecular complexity index is 948. The number of carbonyl (C=O) groups excluding carboxylic acids is 2. The van der Waals surface area contributed by atoms with Crippen LogP contribution in [0.4, 0.5) is 0 Å². The highest BCUT2D eigenvalue weighted by molar-refractivity contribution is 6.18. The summed E-state index contributed by atoms with van der Waals surface area (Å²) in [5.41, 5.74) is 13.8. The molecule has 0 saturated heterocycles. The average Bonchev–Trinajstić information content (AvgIpc) is 2.53.